The number of nitrogens with two attached hydrogens (primary N) is 1. The van der Waals surface area contributed by atoms with Crippen LogP contribution in [-0.4, -0.2) is 28.5 Å². The molecule has 0 heterocycles. The molecule has 2 atom stereocenters. The van der Waals surface area contributed by atoms with Crippen LogP contribution in [0.1, 0.15) is 31.2 Å². The van der Waals surface area contributed by atoms with Crippen molar-refractivity contribution in [3.63, 3.8) is 0 Å². The number of aliphatic hydroxyl groups excluding tert-OH is 2. The normalized spacial score (nSPS) is 28.1. The molecule has 0 aromatic heterocycles. The number of para-hydroxylation sites is 1. The Bertz CT molecular complexity index is 396. The molecule has 2 rings (SSSR count). The van der Waals surface area contributed by atoms with Crippen molar-refractivity contribution in [1.29, 1.82) is 0 Å². The molecular formula is C14H21NO3. The molecule has 0 radical (unpaired) electrons. The summed E-state index contributed by atoms with van der Waals surface area (Å²) in [6, 6.07) is 7.47. The van der Waals surface area contributed by atoms with E-state index in [2.05, 4.69) is 0 Å². The van der Waals surface area contributed by atoms with Gasteiger partial charge in [-0.2, -0.15) is 0 Å². The summed E-state index contributed by atoms with van der Waals surface area (Å²) in [7, 11) is 0. The van der Waals surface area contributed by atoms with Crippen LogP contribution in [0.4, 0.5) is 0 Å². The summed E-state index contributed by atoms with van der Waals surface area (Å²) in [5.41, 5.74) is 6.36. The molecule has 100 valence electrons. The van der Waals surface area contributed by atoms with Crippen LogP contribution in [0, 0.1) is 0 Å². The molecule has 1 aromatic rings. The fourth-order valence-corrected chi connectivity index (χ4v) is 2.51. The number of hydrogen-bond acceptors (Lipinski definition) is 4. The highest BCUT2D eigenvalue weighted by molar-refractivity contribution is 5.32. The maximum atomic E-state index is 9.31. The Hall–Kier alpha value is -1.10. The number of aliphatic hydroxyl groups is 2. The minimum atomic E-state index is -0.517. The highest BCUT2D eigenvalue weighted by atomic mass is 16.5. The van der Waals surface area contributed by atoms with Gasteiger partial charge in [-0.1, -0.05) is 18.2 Å². The Morgan fingerprint density at radius 2 is 2.11 bits per heavy atom. The lowest BCUT2D eigenvalue weighted by Crippen LogP contribution is -2.50. The van der Waals surface area contributed by atoms with E-state index in [-0.39, 0.29) is 19.3 Å². The first-order valence-electron chi connectivity index (χ1n) is 6.42. The summed E-state index contributed by atoms with van der Waals surface area (Å²) in [6.07, 6.45) is 3.42. The van der Waals surface area contributed by atoms with Gasteiger partial charge in [-0.05, 0) is 25.3 Å². The predicted octanol–water partition coefficient (Wildman–Crippen LogP) is 1.19. The number of benzene rings is 1. The summed E-state index contributed by atoms with van der Waals surface area (Å²) in [6.45, 7) is -0.0365. The van der Waals surface area contributed by atoms with Gasteiger partial charge in [0.05, 0.1) is 13.2 Å². The van der Waals surface area contributed by atoms with Crippen LogP contribution in [0.5, 0.6) is 5.75 Å². The number of rotatable bonds is 4. The molecule has 2 unspecified atom stereocenters. The van der Waals surface area contributed by atoms with Crippen molar-refractivity contribution in [3.05, 3.63) is 29.8 Å². The molecule has 4 heteroatoms. The lowest BCUT2D eigenvalue weighted by atomic mass is 9.81. The average Bonchev–Trinajstić information content (AvgIpc) is 2.39. The van der Waals surface area contributed by atoms with Crippen molar-refractivity contribution in [2.24, 2.45) is 5.73 Å². The van der Waals surface area contributed by atoms with E-state index in [9.17, 15) is 10.2 Å². The molecule has 0 saturated heterocycles. The molecule has 1 fully saturated rings. The van der Waals surface area contributed by atoms with E-state index in [0.29, 0.717) is 12.2 Å². The molecule has 0 aliphatic heterocycles. The van der Waals surface area contributed by atoms with Gasteiger partial charge in [0.2, 0.25) is 0 Å². The number of ether oxygens (including phenoxy) is 1. The van der Waals surface area contributed by atoms with E-state index >= 15 is 0 Å². The molecule has 1 aromatic carbocycles. The summed E-state index contributed by atoms with van der Waals surface area (Å²) in [5.74, 6) is 0.715. The third kappa shape index (κ3) is 3.02. The van der Waals surface area contributed by atoms with Gasteiger partial charge in [0.1, 0.15) is 11.9 Å². The van der Waals surface area contributed by atoms with Crippen molar-refractivity contribution in [3.8, 4) is 5.75 Å². The van der Waals surface area contributed by atoms with Gasteiger partial charge in [-0.15, -0.1) is 0 Å². The van der Waals surface area contributed by atoms with Crippen LogP contribution < -0.4 is 10.5 Å². The first-order chi connectivity index (χ1) is 8.67. The highest BCUT2D eigenvalue weighted by Crippen LogP contribution is 2.30. The molecular weight excluding hydrogens is 230 g/mol. The molecule has 4 nitrogen and oxygen atoms in total. The highest BCUT2D eigenvalue weighted by Gasteiger charge is 2.33. The standard InChI is InChI=1S/C14H21NO3/c15-14(10-17)7-3-5-12(8-14)18-13-6-2-1-4-11(13)9-16/h1-2,4,6,12,16-17H,3,5,7-10,15H2. The second-order valence-electron chi connectivity index (χ2n) is 5.12. The maximum Gasteiger partial charge on any atom is 0.125 e. The molecule has 1 aliphatic carbocycles. The summed E-state index contributed by atoms with van der Waals surface area (Å²) < 4.78 is 5.92. The third-order valence-corrected chi connectivity index (χ3v) is 3.59. The minimum Gasteiger partial charge on any atom is -0.490 e. The average molecular weight is 251 g/mol. The van der Waals surface area contributed by atoms with Crippen molar-refractivity contribution < 1.29 is 14.9 Å². The lowest BCUT2D eigenvalue weighted by Gasteiger charge is -2.36. The Morgan fingerprint density at radius 3 is 2.83 bits per heavy atom. The van der Waals surface area contributed by atoms with E-state index < -0.39 is 5.54 Å². The molecule has 0 amide bonds. The first-order valence-corrected chi connectivity index (χ1v) is 6.42. The molecule has 18 heavy (non-hydrogen) atoms. The second-order valence-corrected chi connectivity index (χ2v) is 5.12. The van der Waals surface area contributed by atoms with E-state index in [1.54, 1.807) is 0 Å². The second kappa shape index (κ2) is 5.69. The van der Waals surface area contributed by atoms with Crippen LogP contribution in [0.3, 0.4) is 0 Å². The predicted molar refractivity (Wildman–Crippen MR) is 69.3 cm³/mol. The zero-order valence-corrected chi connectivity index (χ0v) is 10.5. The Balaban J connectivity index is 2.05. The number of hydrogen-bond donors (Lipinski definition) is 3. The van der Waals surface area contributed by atoms with Crippen LogP contribution >= 0.6 is 0 Å². The van der Waals surface area contributed by atoms with Gasteiger partial charge < -0.3 is 20.7 Å². The third-order valence-electron chi connectivity index (χ3n) is 3.59. The zero-order chi connectivity index (χ0) is 13.0. The van der Waals surface area contributed by atoms with Crippen LogP contribution in [-0.2, 0) is 6.61 Å². The van der Waals surface area contributed by atoms with E-state index in [1.165, 1.54) is 0 Å². The van der Waals surface area contributed by atoms with Gasteiger partial charge in [0.25, 0.3) is 0 Å². The monoisotopic (exact) mass is 251 g/mol. The van der Waals surface area contributed by atoms with Crippen LogP contribution in [0.2, 0.25) is 0 Å². The topological polar surface area (TPSA) is 75.7 Å². The van der Waals surface area contributed by atoms with E-state index in [0.717, 1.165) is 24.8 Å². The van der Waals surface area contributed by atoms with Gasteiger partial charge in [0.15, 0.2) is 0 Å². The maximum absolute atomic E-state index is 9.31. The summed E-state index contributed by atoms with van der Waals surface area (Å²) >= 11 is 0. The van der Waals surface area contributed by atoms with Crippen molar-refractivity contribution >= 4 is 0 Å². The van der Waals surface area contributed by atoms with Gasteiger partial charge in [0, 0.05) is 17.5 Å². The quantitative estimate of drug-likeness (QED) is 0.751. The smallest absolute Gasteiger partial charge is 0.125 e. The molecule has 1 aliphatic rings. The minimum absolute atomic E-state index is 0.00545. The molecule has 0 spiro atoms. The van der Waals surface area contributed by atoms with Crippen LogP contribution in [0.15, 0.2) is 24.3 Å². The summed E-state index contributed by atoms with van der Waals surface area (Å²) in [5, 5.41) is 18.6. The van der Waals surface area contributed by atoms with Gasteiger partial charge >= 0.3 is 0 Å². The lowest BCUT2D eigenvalue weighted by molar-refractivity contribution is 0.0714. The molecule has 1 saturated carbocycles. The summed E-state index contributed by atoms with van der Waals surface area (Å²) in [4.78, 5) is 0. The Kier molecular flexibility index (Phi) is 4.22. The zero-order valence-electron chi connectivity index (χ0n) is 10.5. The fourth-order valence-electron chi connectivity index (χ4n) is 2.51. The van der Waals surface area contributed by atoms with Crippen molar-refractivity contribution in [1.82, 2.24) is 0 Å². The van der Waals surface area contributed by atoms with Gasteiger partial charge in [-0.3, -0.25) is 0 Å². The van der Waals surface area contributed by atoms with E-state index in [4.69, 9.17) is 10.5 Å². The SMILES string of the molecule is NC1(CO)CCCC(Oc2ccccc2CO)C1. The first kappa shape index (κ1) is 13.3. The molecule has 4 N–H and O–H groups in total. The Labute approximate surface area is 107 Å². The van der Waals surface area contributed by atoms with Crippen molar-refractivity contribution in [2.75, 3.05) is 6.61 Å². The van der Waals surface area contributed by atoms with E-state index in [1.807, 2.05) is 24.3 Å². The van der Waals surface area contributed by atoms with Gasteiger partial charge in [-0.25, -0.2) is 0 Å². The Morgan fingerprint density at radius 1 is 1.33 bits per heavy atom. The molecule has 0 bridgehead atoms. The van der Waals surface area contributed by atoms with Crippen LogP contribution in [0.25, 0.3) is 0 Å². The van der Waals surface area contributed by atoms with Crippen molar-refractivity contribution in [2.45, 2.75) is 43.9 Å². The fraction of sp³-hybridized carbons (Fsp3) is 0.571. The largest absolute Gasteiger partial charge is 0.490 e.